The minimum atomic E-state index is 0.746. The zero-order chi connectivity index (χ0) is 29.0. The molecule has 0 saturated carbocycles. The largest absolute Gasteiger partial charge is 0.309 e. The van der Waals surface area contributed by atoms with E-state index in [2.05, 4.69) is 132 Å². The Morgan fingerprint density at radius 2 is 1.07 bits per heavy atom. The molecule has 0 fully saturated rings. The SMILES string of the molecule is c1ccc(-c2nc(-c3ccccc3)c3sc4ccc(-c5cccc(-n6c7ccccc7c7ccccc76)c5)cc4c3n2)cc1. The fourth-order valence-electron chi connectivity index (χ4n) is 6.36. The Morgan fingerprint density at radius 3 is 1.80 bits per heavy atom. The molecule has 4 heteroatoms. The first-order chi connectivity index (χ1) is 21.8. The van der Waals surface area contributed by atoms with Crippen molar-refractivity contribution in [2.24, 2.45) is 0 Å². The number of para-hydroxylation sites is 2. The van der Waals surface area contributed by atoms with Crippen molar-refractivity contribution in [2.75, 3.05) is 0 Å². The number of hydrogen-bond donors (Lipinski definition) is 0. The van der Waals surface area contributed by atoms with Crippen LogP contribution in [0.1, 0.15) is 0 Å². The highest BCUT2D eigenvalue weighted by atomic mass is 32.1. The summed E-state index contributed by atoms with van der Waals surface area (Å²) in [6, 6.07) is 53.7. The molecule has 0 bridgehead atoms. The van der Waals surface area contributed by atoms with Crippen LogP contribution in [0.3, 0.4) is 0 Å². The van der Waals surface area contributed by atoms with Crippen LogP contribution in [-0.4, -0.2) is 14.5 Å². The molecule has 3 heterocycles. The summed E-state index contributed by atoms with van der Waals surface area (Å²) in [7, 11) is 0. The van der Waals surface area contributed by atoms with Crippen LogP contribution < -0.4 is 0 Å². The second-order valence-electron chi connectivity index (χ2n) is 11.0. The van der Waals surface area contributed by atoms with Crippen molar-refractivity contribution in [1.82, 2.24) is 14.5 Å². The third-order valence-electron chi connectivity index (χ3n) is 8.41. The third kappa shape index (κ3) is 3.96. The second kappa shape index (κ2) is 10.0. The molecular formula is C40H25N3S. The molecule has 0 radical (unpaired) electrons. The van der Waals surface area contributed by atoms with Crippen LogP contribution in [0.15, 0.2) is 152 Å². The molecule has 9 aromatic rings. The van der Waals surface area contributed by atoms with E-state index in [1.54, 1.807) is 11.3 Å². The number of nitrogens with zero attached hydrogens (tertiary/aromatic N) is 3. The average Bonchev–Trinajstić information content (AvgIpc) is 3.64. The van der Waals surface area contributed by atoms with E-state index < -0.39 is 0 Å². The summed E-state index contributed by atoms with van der Waals surface area (Å²) in [5, 5.41) is 3.69. The molecule has 0 aliphatic rings. The van der Waals surface area contributed by atoms with Crippen molar-refractivity contribution in [1.29, 1.82) is 0 Å². The first kappa shape index (κ1) is 25.0. The van der Waals surface area contributed by atoms with Gasteiger partial charge >= 0.3 is 0 Å². The Bertz CT molecular complexity index is 2440. The molecular weight excluding hydrogens is 555 g/mol. The number of thiophene rings is 1. The van der Waals surface area contributed by atoms with Gasteiger partial charge in [0.1, 0.15) is 0 Å². The summed E-state index contributed by atoms with van der Waals surface area (Å²) in [5.41, 5.74) is 10.0. The molecule has 0 amide bonds. The zero-order valence-electron chi connectivity index (χ0n) is 23.7. The molecule has 3 aromatic heterocycles. The number of benzene rings is 6. The van der Waals surface area contributed by atoms with Gasteiger partial charge in [0.05, 0.1) is 26.9 Å². The van der Waals surface area contributed by atoms with E-state index in [4.69, 9.17) is 9.97 Å². The van der Waals surface area contributed by atoms with Gasteiger partial charge in [-0.05, 0) is 47.5 Å². The standard InChI is InChI=1S/C40H25N3S/c1-3-12-26(13-4-1)37-39-38(42-40(41-37)27-14-5-2-6-15-27)33-25-29(22-23-36(33)44-39)28-16-11-17-30(24-28)43-34-20-9-7-18-31(34)32-19-8-10-21-35(32)43/h1-25H. The second-order valence-corrected chi connectivity index (χ2v) is 12.1. The van der Waals surface area contributed by atoms with Crippen molar-refractivity contribution in [3.63, 3.8) is 0 Å². The van der Waals surface area contributed by atoms with Crippen LogP contribution in [0.5, 0.6) is 0 Å². The highest BCUT2D eigenvalue weighted by Gasteiger charge is 2.18. The number of hydrogen-bond acceptors (Lipinski definition) is 3. The molecule has 44 heavy (non-hydrogen) atoms. The van der Waals surface area contributed by atoms with Crippen LogP contribution in [0.2, 0.25) is 0 Å². The summed E-state index contributed by atoms with van der Waals surface area (Å²) in [5.74, 6) is 0.746. The van der Waals surface area contributed by atoms with Crippen LogP contribution >= 0.6 is 11.3 Å². The van der Waals surface area contributed by atoms with Crippen molar-refractivity contribution < 1.29 is 0 Å². The van der Waals surface area contributed by atoms with Gasteiger partial charge in [-0.15, -0.1) is 11.3 Å². The Balaban J connectivity index is 1.25. The lowest BCUT2D eigenvalue weighted by atomic mass is 10.0. The van der Waals surface area contributed by atoms with Gasteiger partial charge in [-0.1, -0.05) is 115 Å². The lowest BCUT2D eigenvalue weighted by molar-refractivity contribution is 1.18. The summed E-state index contributed by atoms with van der Waals surface area (Å²) in [6.45, 7) is 0. The zero-order valence-corrected chi connectivity index (χ0v) is 24.5. The predicted octanol–water partition coefficient (Wildman–Crippen LogP) is 10.9. The molecule has 0 saturated heterocycles. The van der Waals surface area contributed by atoms with Crippen molar-refractivity contribution in [3.8, 4) is 39.5 Å². The summed E-state index contributed by atoms with van der Waals surface area (Å²) >= 11 is 1.77. The summed E-state index contributed by atoms with van der Waals surface area (Å²) < 4.78 is 4.69. The van der Waals surface area contributed by atoms with Gasteiger partial charge < -0.3 is 4.57 Å². The van der Waals surface area contributed by atoms with Crippen LogP contribution in [0.4, 0.5) is 0 Å². The summed E-state index contributed by atoms with van der Waals surface area (Å²) in [6.07, 6.45) is 0. The minimum absolute atomic E-state index is 0.746. The van der Waals surface area contributed by atoms with E-state index in [9.17, 15) is 0 Å². The van der Waals surface area contributed by atoms with Gasteiger partial charge in [0.15, 0.2) is 5.82 Å². The molecule has 206 valence electrons. The molecule has 0 spiro atoms. The third-order valence-corrected chi connectivity index (χ3v) is 9.58. The number of rotatable bonds is 4. The Kier molecular flexibility index (Phi) is 5.68. The quantitative estimate of drug-likeness (QED) is 0.208. The van der Waals surface area contributed by atoms with E-state index in [1.807, 2.05) is 24.3 Å². The van der Waals surface area contributed by atoms with Gasteiger partial charge in [-0.25, -0.2) is 9.97 Å². The predicted molar refractivity (Wildman–Crippen MR) is 186 cm³/mol. The first-order valence-electron chi connectivity index (χ1n) is 14.8. The maximum atomic E-state index is 5.18. The Hall–Kier alpha value is -5.58. The molecule has 0 atom stereocenters. The van der Waals surface area contributed by atoms with Crippen molar-refractivity contribution >= 4 is 53.4 Å². The monoisotopic (exact) mass is 579 g/mol. The maximum absolute atomic E-state index is 5.18. The molecule has 0 aliphatic carbocycles. The van der Waals surface area contributed by atoms with Crippen LogP contribution in [-0.2, 0) is 0 Å². The number of fused-ring (bicyclic) bond motifs is 6. The molecule has 6 aromatic carbocycles. The van der Waals surface area contributed by atoms with Gasteiger partial charge in [0.25, 0.3) is 0 Å². The van der Waals surface area contributed by atoms with Gasteiger partial charge in [-0.3, -0.25) is 0 Å². The van der Waals surface area contributed by atoms with Crippen molar-refractivity contribution in [3.05, 3.63) is 152 Å². The van der Waals surface area contributed by atoms with Crippen LogP contribution in [0, 0.1) is 0 Å². The highest BCUT2D eigenvalue weighted by Crippen LogP contribution is 2.41. The number of aromatic nitrogens is 3. The topological polar surface area (TPSA) is 30.7 Å². The smallest absolute Gasteiger partial charge is 0.160 e. The minimum Gasteiger partial charge on any atom is -0.309 e. The average molecular weight is 580 g/mol. The van der Waals surface area contributed by atoms with E-state index in [0.717, 1.165) is 43.9 Å². The van der Waals surface area contributed by atoms with Crippen molar-refractivity contribution in [2.45, 2.75) is 0 Å². The van der Waals surface area contributed by atoms with Gasteiger partial charge in [0.2, 0.25) is 0 Å². The van der Waals surface area contributed by atoms with E-state index in [0.29, 0.717) is 0 Å². The Labute approximate surface area is 258 Å². The molecule has 9 rings (SSSR count). The lowest BCUT2D eigenvalue weighted by Gasteiger charge is -2.10. The van der Waals surface area contributed by atoms with E-state index in [-0.39, 0.29) is 0 Å². The summed E-state index contributed by atoms with van der Waals surface area (Å²) in [4.78, 5) is 10.3. The maximum Gasteiger partial charge on any atom is 0.160 e. The molecule has 3 nitrogen and oxygen atoms in total. The molecule has 0 N–H and O–H groups in total. The fourth-order valence-corrected chi connectivity index (χ4v) is 7.49. The highest BCUT2D eigenvalue weighted by molar-refractivity contribution is 7.26. The fraction of sp³-hybridized carbons (Fsp3) is 0. The van der Waals surface area contributed by atoms with E-state index in [1.165, 1.54) is 37.6 Å². The van der Waals surface area contributed by atoms with Crippen LogP contribution in [0.25, 0.3) is 81.6 Å². The molecule has 0 unspecified atom stereocenters. The van der Waals surface area contributed by atoms with Gasteiger partial charge in [-0.2, -0.15) is 0 Å². The Morgan fingerprint density at radius 1 is 0.455 bits per heavy atom. The van der Waals surface area contributed by atoms with Gasteiger partial charge in [0, 0.05) is 37.7 Å². The lowest BCUT2D eigenvalue weighted by Crippen LogP contribution is -1.94. The molecule has 0 aliphatic heterocycles. The van der Waals surface area contributed by atoms with E-state index >= 15 is 0 Å². The normalized spacial score (nSPS) is 11.6. The first-order valence-corrected chi connectivity index (χ1v) is 15.6.